The minimum absolute atomic E-state index is 0.163. The number of methoxy groups -OCH3 is 4. The van der Waals surface area contributed by atoms with Gasteiger partial charge in [0, 0.05) is 0 Å². The molecule has 3 rings (SSSR count). The number of benzene rings is 3. The molecular formula is C24H22O8. The molecule has 0 saturated heterocycles. The predicted octanol–water partition coefficient (Wildman–Crippen LogP) is 4.16. The van der Waals surface area contributed by atoms with Gasteiger partial charge in [-0.25, -0.2) is 9.59 Å². The van der Waals surface area contributed by atoms with E-state index in [1.54, 1.807) is 36.4 Å². The highest BCUT2D eigenvalue weighted by molar-refractivity contribution is 5.97. The zero-order valence-corrected chi connectivity index (χ0v) is 18.0. The van der Waals surface area contributed by atoms with Gasteiger partial charge in [0.05, 0.1) is 28.4 Å². The summed E-state index contributed by atoms with van der Waals surface area (Å²) in [5.41, 5.74) is 0.326. The molecule has 0 radical (unpaired) electrons. The van der Waals surface area contributed by atoms with E-state index in [0.29, 0.717) is 23.0 Å². The van der Waals surface area contributed by atoms with Gasteiger partial charge in [-0.3, -0.25) is 0 Å². The van der Waals surface area contributed by atoms with Crippen molar-refractivity contribution in [2.75, 3.05) is 28.4 Å². The maximum absolute atomic E-state index is 12.7. The molecule has 3 aromatic carbocycles. The summed E-state index contributed by atoms with van der Waals surface area (Å²) in [5, 5.41) is 0. The van der Waals surface area contributed by atoms with Gasteiger partial charge in [0.1, 0.15) is 45.6 Å². The van der Waals surface area contributed by atoms with Crippen LogP contribution in [0.15, 0.2) is 60.7 Å². The zero-order valence-electron chi connectivity index (χ0n) is 18.0. The Labute approximate surface area is 185 Å². The topological polar surface area (TPSA) is 89.5 Å². The highest BCUT2D eigenvalue weighted by atomic mass is 16.5. The van der Waals surface area contributed by atoms with Crippen LogP contribution in [0, 0.1) is 0 Å². The van der Waals surface area contributed by atoms with Crippen molar-refractivity contribution in [1.29, 1.82) is 0 Å². The van der Waals surface area contributed by atoms with Gasteiger partial charge < -0.3 is 28.4 Å². The quantitative estimate of drug-likeness (QED) is 0.383. The van der Waals surface area contributed by atoms with Crippen molar-refractivity contribution in [3.63, 3.8) is 0 Å². The maximum atomic E-state index is 12.7. The van der Waals surface area contributed by atoms with Crippen molar-refractivity contribution in [2.45, 2.75) is 0 Å². The lowest BCUT2D eigenvalue weighted by Crippen LogP contribution is -2.13. The summed E-state index contributed by atoms with van der Waals surface area (Å²) in [4.78, 5) is 25.3. The predicted molar refractivity (Wildman–Crippen MR) is 115 cm³/mol. The van der Waals surface area contributed by atoms with Crippen molar-refractivity contribution in [3.05, 3.63) is 71.8 Å². The van der Waals surface area contributed by atoms with Crippen LogP contribution in [0.5, 0.6) is 34.5 Å². The monoisotopic (exact) mass is 438 g/mol. The van der Waals surface area contributed by atoms with Crippen LogP contribution in [0.1, 0.15) is 20.7 Å². The lowest BCUT2D eigenvalue weighted by atomic mass is 10.1. The van der Waals surface area contributed by atoms with Crippen LogP contribution in [0.25, 0.3) is 0 Å². The highest BCUT2D eigenvalue weighted by Crippen LogP contribution is 2.31. The molecule has 0 atom stereocenters. The first kappa shape index (κ1) is 22.5. The van der Waals surface area contributed by atoms with E-state index in [4.69, 9.17) is 28.4 Å². The molecule has 0 N–H and O–H groups in total. The fourth-order valence-corrected chi connectivity index (χ4v) is 3.00. The smallest absolute Gasteiger partial charge is 0.351 e. The average Bonchev–Trinajstić information content (AvgIpc) is 2.83. The summed E-state index contributed by atoms with van der Waals surface area (Å²) in [6.45, 7) is 0. The first-order valence-corrected chi connectivity index (χ1v) is 9.48. The summed E-state index contributed by atoms with van der Waals surface area (Å²) < 4.78 is 31.8. The molecule has 3 aromatic rings. The number of esters is 2. The molecular weight excluding hydrogens is 416 g/mol. The fraction of sp³-hybridized carbons (Fsp3) is 0.167. The van der Waals surface area contributed by atoms with Gasteiger partial charge in [0.25, 0.3) is 0 Å². The molecule has 0 aliphatic rings. The summed E-state index contributed by atoms with van der Waals surface area (Å²) in [6, 6.07) is 15.9. The van der Waals surface area contributed by atoms with Crippen molar-refractivity contribution >= 4 is 11.9 Å². The lowest BCUT2D eigenvalue weighted by Gasteiger charge is -2.13. The average molecular weight is 438 g/mol. The Bertz CT molecular complexity index is 972. The molecule has 0 bridgehead atoms. The largest absolute Gasteiger partial charge is 0.496 e. The van der Waals surface area contributed by atoms with Gasteiger partial charge in [-0.15, -0.1) is 0 Å². The van der Waals surface area contributed by atoms with Crippen LogP contribution in [0.3, 0.4) is 0 Å². The minimum atomic E-state index is -0.650. The summed E-state index contributed by atoms with van der Waals surface area (Å²) >= 11 is 0. The van der Waals surface area contributed by atoms with Crippen LogP contribution >= 0.6 is 0 Å². The molecule has 0 fully saturated rings. The molecule has 0 unspecified atom stereocenters. The number of rotatable bonds is 8. The second-order valence-corrected chi connectivity index (χ2v) is 6.33. The second-order valence-electron chi connectivity index (χ2n) is 6.33. The van der Waals surface area contributed by atoms with Gasteiger partial charge in [0.15, 0.2) is 0 Å². The van der Waals surface area contributed by atoms with E-state index in [1.807, 2.05) is 0 Å². The van der Waals surface area contributed by atoms with Crippen LogP contribution < -0.4 is 28.4 Å². The molecule has 0 aliphatic heterocycles. The van der Waals surface area contributed by atoms with Gasteiger partial charge in [0.2, 0.25) is 0 Å². The van der Waals surface area contributed by atoms with Crippen LogP contribution in [-0.4, -0.2) is 40.4 Å². The van der Waals surface area contributed by atoms with E-state index in [9.17, 15) is 9.59 Å². The Morgan fingerprint density at radius 3 is 1.03 bits per heavy atom. The third kappa shape index (κ3) is 4.75. The Hall–Kier alpha value is -4.20. The second kappa shape index (κ2) is 10.2. The first-order chi connectivity index (χ1) is 15.5. The summed E-state index contributed by atoms with van der Waals surface area (Å²) in [6.07, 6.45) is 0. The number of carbonyl (C=O) groups is 2. The molecule has 8 nitrogen and oxygen atoms in total. The van der Waals surface area contributed by atoms with Crippen molar-refractivity contribution in [2.24, 2.45) is 0 Å². The van der Waals surface area contributed by atoms with Gasteiger partial charge >= 0.3 is 11.9 Å². The Balaban J connectivity index is 1.76. The van der Waals surface area contributed by atoms with Crippen LogP contribution in [0.4, 0.5) is 0 Å². The van der Waals surface area contributed by atoms with E-state index in [0.717, 1.165) is 0 Å². The summed E-state index contributed by atoms with van der Waals surface area (Å²) in [7, 11) is 5.80. The highest BCUT2D eigenvalue weighted by Gasteiger charge is 2.22. The van der Waals surface area contributed by atoms with Gasteiger partial charge in [-0.05, 0) is 48.5 Å². The van der Waals surface area contributed by atoms with Crippen molar-refractivity contribution in [1.82, 2.24) is 0 Å². The third-order valence-electron chi connectivity index (χ3n) is 4.51. The van der Waals surface area contributed by atoms with E-state index >= 15 is 0 Å². The fourth-order valence-electron chi connectivity index (χ4n) is 3.00. The van der Waals surface area contributed by atoms with Crippen LogP contribution in [0.2, 0.25) is 0 Å². The first-order valence-electron chi connectivity index (χ1n) is 9.48. The lowest BCUT2D eigenvalue weighted by molar-refractivity contribution is 0.0711. The molecule has 0 aromatic heterocycles. The molecule has 8 heteroatoms. The van der Waals surface area contributed by atoms with E-state index < -0.39 is 11.9 Å². The van der Waals surface area contributed by atoms with E-state index in [2.05, 4.69) is 0 Å². The van der Waals surface area contributed by atoms with E-state index in [-0.39, 0.29) is 22.6 Å². The molecule has 0 aliphatic carbocycles. The Morgan fingerprint density at radius 1 is 0.500 bits per heavy atom. The molecule has 166 valence electrons. The number of hydrogen-bond donors (Lipinski definition) is 0. The minimum Gasteiger partial charge on any atom is -0.496 e. The zero-order chi connectivity index (χ0) is 23.1. The molecule has 0 saturated carbocycles. The summed E-state index contributed by atoms with van der Waals surface area (Å²) in [5.74, 6) is 0.494. The molecule has 0 spiro atoms. The SMILES string of the molecule is COc1cccc(OC)c1C(=O)Oc1ccc(OC(=O)c2c(OC)cccc2OC)cc1. The van der Waals surface area contributed by atoms with Crippen molar-refractivity contribution < 1.29 is 38.0 Å². The van der Waals surface area contributed by atoms with E-state index in [1.165, 1.54) is 52.7 Å². The third-order valence-corrected chi connectivity index (χ3v) is 4.51. The Kier molecular flexibility index (Phi) is 7.17. The van der Waals surface area contributed by atoms with Gasteiger partial charge in [-0.2, -0.15) is 0 Å². The van der Waals surface area contributed by atoms with Crippen LogP contribution in [-0.2, 0) is 0 Å². The normalized spacial score (nSPS) is 10.1. The number of ether oxygens (including phenoxy) is 6. The standard InChI is InChI=1S/C24H22O8/c1-27-17-7-5-8-18(28-2)21(17)23(25)31-15-11-13-16(14-12-15)32-24(26)22-19(29-3)9-6-10-20(22)30-4/h5-14H,1-4H3. The van der Waals surface area contributed by atoms with Crippen molar-refractivity contribution in [3.8, 4) is 34.5 Å². The van der Waals surface area contributed by atoms with Gasteiger partial charge in [-0.1, -0.05) is 12.1 Å². The molecule has 0 heterocycles. The number of carbonyl (C=O) groups excluding carboxylic acids is 2. The number of hydrogen-bond acceptors (Lipinski definition) is 8. The molecule has 32 heavy (non-hydrogen) atoms. The molecule has 0 amide bonds. The Morgan fingerprint density at radius 2 is 0.781 bits per heavy atom. The maximum Gasteiger partial charge on any atom is 0.351 e.